The van der Waals surface area contributed by atoms with E-state index >= 15 is 0 Å². The van der Waals surface area contributed by atoms with Gasteiger partial charge in [-0.3, -0.25) is 4.79 Å². The van der Waals surface area contributed by atoms with Crippen molar-refractivity contribution in [2.45, 2.75) is 0 Å². The zero-order valence-corrected chi connectivity index (χ0v) is 13.2. The average molecular weight is 352 g/mol. The molecule has 0 N–H and O–H groups in total. The molecule has 0 bridgehead atoms. The van der Waals surface area contributed by atoms with Gasteiger partial charge in [0.05, 0.1) is 4.88 Å². The van der Waals surface area contributed by atoms with Crippen molar-refractivity contribution >= 4 is 39.0 Å². The summed E-state index contributed by atoms with van der Waals surface area (Å²) in [4.78, 5) is 21.6. The quantitative estimate of drug-likeness (QED) is 0.834. The minimum Gasteiger partial charge on any atom is -0.353 e. The topological polar surface area (TPSA) is 36.4 Å². The zero-order chi connectivity index (χ0) is 13.9. The van der Waals surface area contributed by atoms with Crippen LogP contribution < -0.4 is 4.90 Å². The molecule has 1 aliphatic rings. The lowest BCUT2D eigenvalue weighted by atomic mass is 10.3. The normalized spacial score (nSPS) is 15.4. The van der Waals surface area contributed by atoms with E-state index in [0.29, 0.717) is 0 Å². The summed E-state index contributed by atoms with van der Waals surface area (Å²) in [7, 11) is 0. The summed E-state index contributed by atoms with van der Waals surface area (Å²) < 4.78 is 0.979. The summed E-state index contributed by atoms with van der Waals surface area (Å²) in [6.07, 6.45) is 1.80. The number of carbonyl (C=O) groups excluding carboxylic acids is 1. The molecule has 0 aromatic carbocycles. The van der Waals surface area contributed by atoms with E-state index in [1.165, 1.54) is 11.3 Å². The molecule has 2 aromatic rings. The van der Waals surface area contributed by atoms with Crippen LogP contribution >= 0.6 is 27.3 Å². The van der Waals surface area contributed by atoms with Crippen LogP contribution in [0.2, 0.25) is 0 Å². The molecule has 3 heterocycles. The number of rotatable bonds is 2. The van der Waals surface area contributed by atoms with Crippen molar-refractivity contribution in [1.29, 1.82) is 0 Å². The smallest absolute Gasteiger partial charge is 0.264 e. The van der Waals surface area contributed by atoms with E-state index in [0.717, 1.165) is 41.3 Å². The van der Waals surface area contributed by atoms with Crippen molar-refractivity contribution in [2.75, 3.05) is 31.1 Å². The number of aromatic nitrogens is 1. The summed E-state index contributed by atoms with van der Waals surface area (Å²) in [5.74, 6) is 1.11. The summed E-state index contributed by atoms with van der Waals surface area (Å²) in [5, 5.41) is 1.94. The highest BCUT2D eigenvalue weighted by Gasteiger charge is 2.23. The van der Waals surface area contributed by atoms with Gasteiger partial charge in [-0.05, 0) is 39.5 Å². The van der Waals surface area contributed by atoms with Crippen molar-refractivity contribution < 1.29 is 4.79 Å². The Morgan fingerprint density at radius 2 is 2.00 bits per heavy atom. The van der Waals surface area contributed by atoms with E-state index in [2.05, 4.69) is 25.8 Å². The van der Waals surface area contributed by atoms with Gasteiger partial charge in [0.2, 0.25) is 0 Å². The van der Waals surface area contributed by atoms with Gasteiger partial charge >= 0.3 is 0 Å². The second-order valence-corrected chi connectivity index (χ2v) is 6.45. The number of piperazine rings is 1. The molecule has 1 saturated heterocycles. The Morgan fingerprint density at radius 3 is 2.60 bits per heavy atom. The number of hydrogen-bond donors (Lipinski definition) is 0. The number of thiophene rings is 1. The minimum atomic E-state index is 0.142. The minimum absolute atomic E-state index is 0.142. The van der Waals surface area contributed by atoms with E-state index < -0.39 is 0 Å². The molecule has 0 saturated carbocycles. The van der Waals surface area contributed by atoms with Gasteiger partial charge in [-0.15, -0.1) is 11.3 Å². The first-order chi connectivity index (χ1) is 9.74. The highest BCUT2D eigenvalue weighted by Crippen LogP contribution is 2.18. The predicted octanol–water partition coefficient (Wildman–Crippen LogP) is 2.87. The first-order valence-electron chi connectivity index (χ1n) is 6.43. The van der Waals surface area contributed by atoms with Crippen LogP contribution in [0.4, 0.5) is 5.82 Å². The third kappa shape index (κ3) is 2.86. The molecule has 0 atom stereocenters. The molecule has 0 unspecified atom stereocenters. The number of nitrogens with zero attached hydrogens (tertiary/aromatic N) is 3. The second-order valence-electron chi connectivity index (χ2n) is 4.59. The molecule has 0 spiro atoms. The lowest BCUT2D eigenvalue weighted by Crippen LogP contribution is -2.48. The molecule has 0 aliphatic carbocycles. The predicted molar refractivity (Wildman–Crippen MR) is 84.4 cm³/mol. The van der Waals surface area contributed by atoms with Crippen molar-refractivity contribution in [3.05, 3.63) is 45.2 Å². The number of carbonyl (C=O) groups is 1. The maximum atomic E-state index is 12.2. The van der Waals surface area contributed by atoms with Crippen LogP contribution in [0.15, 0.2) is 40.3 Å². The molecular weight excluding hydrogens is 338 g/mol. The standard InChI is InChI=1S/C14H14BrN3OS/c15-11-3-4-13(16-10-11)17-5-7-18(8-6-17)14(19)12-2-1-9-20-12/h1-4,9-10H,5-8H2. The lowest BCUT2D eigenvalue weighted by Gasteiger charge is -2.35. The van der Waals surface area contributed by atoms with Crippen LogP contribution in [0.25, 0.3) is 0 Å². The van der Waals surface area contributed by atoms with Gasteiger partial charge in [0, 0.05) is 36.8 Å². The van der Waals surface area contributed by atoms with E-state index in [1.807, 2.05) is 34.5 Å². The van der Waals surface area contributed by atoms with Crippen LogP contribution in [0.1, 0.15) is 9.67 Å². The Bertz CT molecular complexity index is 577. The van der Waals surface area contributed by atoms with Crippen LogP contribution in [0.3, 0.4) is 0 Å². The molecule has 104 valence electrons. The van der Waals surface area contributed by atoms with Gasteiger partial charge in [-0.2, -0.15) is 0 Å². The Labute approximate surface area is 130 Å². The number of anilines is 1. The van der Waals surface area contributed by atoms with Crippen LogP contribution in [0.5, 0.6) is 0 Å². The Kier molecular flexibility index (Phi) is 4.03. The Balaban J connectivity index is 1.62. The second kappa shape index (κ2) is 5.93. The van der Waals surface area contributed by atoms with Gasteiger partial charge in [0.25, 0.3) is 5.91 Å². The SMILES string of the molecule is O=C(c1cccs1)N1CCN(c2ccc(Br)cn2)CC1. The molecule has 0 radical (unpaired) electrons. The van der Waals surface area contributed by atoms with Crippen LogP contribution in [-0.4, -0.2) is 42.0 Å². The average Bonchev–Trinajstić information content (AvgIpc) is 3.02. The van der Waals surface area contributed by atoms with Gasteiger partial charge in [-0.1, -0.05) is 6.07 Å². The monoisotopic (exact) mass is 351 g/mol. The van der Waals surface area contributed by atoms with Gasteiger partial charge in [0.15, 0.2) is 0 Å². The number of halogens is 1. The molecule has 6 heteroatoms. The maximum absolute atomic E-state index is 12.2. The summed E-state index contributed by atoms with van der Waals surface area (Å²) >= 11 is 4.89. The van der Waals surface area contributed by atoms with Crippen LogP contribution in [0, 0.1) is 0 Å². The molecule has 4 nitrogen and oxygen atoms in total. The lowest BCUT2D eigenvalue weighted by molar-refractivity contribution is 0.0751. The van der Waals surface area contributed by atoms with Crippen LogP contribution in [-0.2, 0) is 0 Å². The molecule has 20 heavy (non-hydrogen) atoms. The third-order valence-electron chi connectivity index (χ3n) is 3.33. The largest absolute Gasteiger partial charge is 0.353 e. The van der Waals surface area contributed by atoms with Crippen molar-refractivity contribution in [3.63, 3.8) is 0 Å². The summed E-state index contributed by atoms with van der Waals surface area (Å²) in [6, 6.07) is 7.79. The molecule has 1 aliphatic heterocycles. The van der Waals surface area contributed by atoms with E-state index in [9.17, 15) is 4.79 Å². The molecule has 2 aromatic heterocycles. The summed E-state index contributed by atoms with van der Waals surface area (Å²) in [6.45, 7) is 3.14. The number of pyridine rings is 1. The van der Waals surface area contributed by atoms with Crippen molar-refractivity contribution in [3.8, 4) is 0 Å². The van der Waals surface area contributed by atoms with Gasteiger partial charge < -0.3 is 9.80 Å². The Hall–Kier alpha value is -1.40. The van der Waals surface area contributed by atoms with E-state index in [-0.39, 0.29) is 5.91 Å². The highest BCUT2D eigenvalue weighted by molar-refractivity contribution is 9.10. The van der Waals surface area contributed by atoms with Gasteiger partial charge in [-0.25, -0.2) is 4.98 Å². The molecule has 1 amide bonds. The number of amides is 1. The fourth-order valence-corrected chi connectivity index (χ4v) is 3.18. The molecular formula is C14H14BrN3OS. The fourth-order valence-electron chi connectivity index (χ4n) is 2.25. The maximum Gasteiger partial charge on any atom is 0.264 e. The first kappa shape index (κ1) is 13.6. The van der Waals surface area contributed by atoms with E-state index in [1.54, 1.807) is 6.20 Å². The highest BCUT2D eigenvalue weighted by atomic mass is 79.9. The van der Waals surface area contributed by atoms with E-state index in [4.69, 9.17) is 0 Å². The third-order valence-corrected chi connectivity index (χ3v) is 4.66. The van der Waals surface area contributed by atoms with Gasteiger partial charge in [0.1, 0.15) is 5.82 Å². The molecule has 1 fully saturated rings. The summed E-state index contributed by atoms with van der Waals surface area (Å²) in [5.41, 5.74) is 0. The molecule has 3 rings (SSSR count). The van der Waals surface area contributed by atoms with Crippen molar-refractivity contribution in [2.24, 2.45) is 0 Å². The Morgan fingerprint density at radius 1 is 1.20 bits per heavy atom. The number of hydrogen-bond acceptors (Lipinski definition) is 4. The van der Waals surface area contributed by atoms with Crippen molar-refractivity contribution in [1.82, 2.24) is 9.88 Å². The first-order valence-corrected chi connectivity index (χ1v) is 8.10. The fraction of sp³-hybridized carbons (Fsp3) is 0.286. The zero-order valence-electron chi connectivity index (χ0n) is 10.8.